The molecule has 3 aromatic carbocycles. The van der Waals surface area contributed by atoms with E-state index in [1.807, 2.05) is 67.6 Å². The maximum Gasteiger partial charge on any atom is 0.186 e. The van der Waals surface area contributed by atoms with Crippen molar-refractivity contribution in [2.24, 2.45) is 0 Å². The van der Waals surface area contributed by atoms with Crippen LogP contribution in [0.15, 0.2) is 83.8 Å². The van der Waals surface area contributed by atoms with Crippen LogP contribution in [0.25, 0.3) is 28.1 Å². The molecule has 0 spiro atoms. The van der Waals surface area contributed by atoms with Crippen molar-refractivity contribution in [3.05, 3.63) is 95.1 Å². The largest absolute Gasteiger partial charge is 0.392 e. The van der Waals surface area contributed by atoms with Crippen LogP contribution < -0.4 is 0 Å². The normalized spacial score (nSPS) is 12.1. The number of benzene rings is 3. The summed E-state index contributed by atoms with van der Waals surface area (Å²) in [6.07, 6.45) is 0. The highest BCUT2D eigenvalue weighted by Gasteiger charge is 2.16. The van der Waals surface area contributed by atoms with E-state index in [0.29, 0.717) is 9.92 Å². The zero-order valence-electron chi connectivity index (χ0n) is 16.2. The molecule has 1 aromatic heterocycles. The molecule has 2 N–H and O–H groups in total. The number of nitrogens with zero attached hydrogens (tertiary/aromatic N) is 1. The zero-order chi connectivity index (χ0) is 21.3. The molecule has 0 amide bonds. The lowest BCUT2D eigenvalue weighted by Crippen LogP contribution is -2.00. The third kappa shape index (κ3) is 3.98. The highest BCUT2D eigenvalue weighted by atomic mass is 35.5. The van der Waals surface area contributed by atoms with E-state index < -0.39 is 11.1 Å². The summed E-state index contributed by atoms with van der Waals surface area (Å²) in [5, 5.41) is 10.00. The summed E-state index contributed by atoms with van der Waals surface area (Å²) in [5.41, 5.74) is 6.91. The standard InChI is InChI=1S/C24H20ClNO3S/c1-16-23(18-4-2-17(15-27)3-5-18)14-24(19-6-8-20(25)9-7-19)26(16)21-10-12-22(13-11-21)30(28)29/h2-14,27H,15H2,1H3,(H,28,29). The fourth-order valence-electron chi connectivity index (χ4n) is 3.57. The molecule has 0 fully saturated rings. The van der Waals surface area contributed by atoms with Gasteiger partial charge in [0.2, 0.25) is 0 Å². The molecule has 0 bridgehead atoms. The molecule has 0 radical (unpaired) electrons. The second-order valence-electron chi connectivity index (χ2n) is 6.97. The van der Waals surface area contributed by atoms with Gasteiger partial charge in [0.25, 0.3) is 0 Å². The molecule has 4 nitrogen and oxygen atoms in total. The smallest absolute Gasteiger partial charge is 0.186 e. The number of aliphatic hydroxyl groups is 1. The van der Waals surface area contributed by atoms with E-state index in [2.05, 4.69) is 10.6 Å². The highest BCUT2D eigenvalue weighted by Crippen LogP contribution is 2.35. The quantitative estimate of drug-likeness (QED) is 0.385. The van der Waals surface area contributed by atoms with Gasteiger partial charge in [0.1, 0.15) is 0 Å². The summed E-state index contributed by atoms with van der Waals surface area (Å²) in [5.74, 6) is 0. The molecule has 1 unspecified atom stereocenters. The molecule has 1 heterocycles. The topological polar surface area (TPSA) is 62.5 Å². The van der Waals surface area contributed by atoms with Crippen molar-refractivity contribution in [2.75, 3.05) is 0 Å². The van der Waals surface area contributed by atoms with Crippen molar-refractivity contribution in [1.29, 1.82) is 0 Å². The Morgan fingerprint density at radius 3 is 2.07 bits per heavy atom. The minimum absolute atomic E-state index is 0.00881. The fourth-order valence-corrected chi connectivity index (χ4v) is 4.06. The molecule has 4 rings (SSSR count). The summed E-state index contributed by atoms with van der Waals surface area (Å²) in [6.45, 7) is 2.06. The van der Waals surface area contributed by atoms with E-state index >= 15 is 0 Å². The third-order valence-electron chi connectivity index (χ3n) is 5.13. The van der Waals surface area contributed by atoms with Crippen LogP contribution >= 0.6 is 11.6 Å². The first-order valence-corrected chi connectivity index (χ1v) is 10.9. The molecule has 4 aromatic rings. The summed E-state index contributed by atoms with van der Waals surface area (Å²) < 4.78 is 22.8. The van der Waals surface area contributed by atoms with Gasteiger partial charge in [0, 0.05) is 22.0 Å². The molecule has 0 aliphatic rings. The Bertz CT molecular complexity index is 1200. The predicted octanol–water partition coefficient (Wildman–Crippen LogP) is 5.85. The number of halogens is 1. The fraction of sp³-hybridized carbons (Fsp3) is 0.0833. The van der Waals surface area contributed by atoms with Crippen LogP contribution in [0, 0.1) is 6.92 Å². The highest BCUT2D eigenvalue weighted by molar-refractivity contribution is 7.79. The van der Waals surface area contributed by atoms with E-state index in [-0.39, 0.29) is 6.61 Å². The Labute approximate surface area is 182 Å². The van der Waals surface area contributed by atoms with E-state index in [1.165, 1.54) is 0 Å². The molecule has 1 atom stereocenters. The van der Waals surface area contributed by atoms with Crippen molar-refractivity contribution >= 4 is 22.7 Å². The first kappa shape index (κ1) is 20.6. The monoisotopic (exact) mass is 437 g/mol. The van der Waals surface area contributed by atoms with Crippen molar-refractivity contribution in [1.82, 2.24) is 4.57 Å². The molecule has 30 heavy (non-hydrogen) atoms. The first-order chi connectivity index (χ1) is 14.5. The minimum atomic E-state index is -2.02. The Morgan fingerprint density at radius 2 is 1.50 bits per heavy atom. The second-order valence-corrected chi connectivity index (χ2v) is 8.38. The average molecular weight is 438 g/mol. The van der Waals surface area contributed by atoms with Crippen molar-refractivity contribution in [2.45, 2.75) is 18.4 Å². The Hall–Kier alpha value is -2.70. The summed E-state index contributed by atoms with van der Waals surface area (Å²) in [4.78, 5) is 0.358. The molecular formula is C24H20ClNO3S. The van der Waals surface area contributed by atoms with Gasteiger partial charge >= 0.3 is 0 Å². The summed E-state index contributed by atoms with van der Waals surface area (Å²) in [6, 6.07) is 24.6. The molecule has 0 saturated heterocycles. The third-order valence-corrected chi connectivity index (χ3v) is 6.06. The SMILES string of the molecule is Cc1c(-c2ccc(CO)cc2)cc(-c2ccc(Cl)cc2)n1-c1ccc(S(=O)O)cc1. The lowest BCUT2D eigenvalue weighted by molar-refractivity contribution is 0.282. The van der Waals surface area contributed by atoms with Gasteiger partial charge in [-0.1, -0.05) is 48.0 Å². The van der Waals surface area contributed by atoms with Crippen LogP contribution in [0.5, 0.6) is 0 Å². The van der Waals surface area contributed by atoms with Crippen molar-refractivity contribution in [3.63, 3.8) is 0 Å². The van der Waals surface area contributed by atoms with Crippen LogP contribution in [-0.4, -0.2) is 18.4 Å². The average Bonchev–Trinajstić information content (AvgIpc) is 3.11. The van der Waals surface area contributed by atoms with Gasteiger partial charge in [-0.3, -0.25) is 0 Å². The summed E-state index contributed by atoms with van der Waals surface area (Å²) >= 11 is 4.07. The molecule has 152 valence electrons. The van der Waals surface area contributed by atoms with Gasteiger partial charge in [-0.05, 0) is 66.1 Å². The van der Waals surface area contributed by atoms with Gasteiger partial charge in [-0.25, -0.2) is 4.21 Å². The number of aliphatic hydroxyl groups excluding tert-OH is 1. The van der Waals surface area contributed by atoms with Gasteiger partial charge in [0.05, 0.1) is 17.2 Å². The van der Waals surface area contributed by atoms with E-state index in [1.54, 1.807) is 12.1 Å². The maximum absolute atomic E-state index is 11.4. The van der Waals surface area contributed by atoms with Crippen LogP contribution in [0.3, 0.4) is 0 Å². The number of hydrogen-bond acceptors (Lipinski definition) is 2. The molecule has 6 heteroatoms. The van der Waals surface area contributed by atoms with Gasteiger partial charge < -0.3 is 14.2 Å². The van der Waals surface area contributed by atoms with Crippen molar-refractivity contribution < 1.29 is 13.9 Å². The second kappa shape index (κ2) is 8.58. The van der Waals surface area contributed by atoms with Crippen LogP contribution in [0.2, 0.25) is 5.02 Å². The zero-order valence-corrected chi connectivity index (χ0v) is 17.8. The maximum atomic E-state index is 11.4. The van der Waals surface area contributed by atoms with Crippen LogP contribution in [-0.2, 0) is 17.7 Å². The van der Waals surface area contributed by atoms with Gasteiger partial charge in [-0.15, -0.1) is 0 Å². The van der Waals surface area contributed by atoms with Gasteiger partial charge in [0.15, 0.2) is 11.1 Å². The number of rotatable bonds is 5. The summed E-state index contributed by atoms with van der Waals surface area (Å²) in [7, 11) is 0. The minimum Gasteiger partial charge on any atom is -0.392 e. The predicted molar refractivity (Wildman–Crippen MR) is 121 cm³/mol. The molecular weight excluding hydrogens is 418 g/mol. The number of hydrogen-bond donors (Lipinski definition) is 2. The molecule has 0 aliphatic heterocycles. The van der Waals surface area contributed by atoms with Gasteiger partial charge in [-0.2, -0.15) is 0 Å². The lowest BCUT2D eigenvalue weighted by atomic mass is 10.0. The Kier molecular flexibility index (Phi) is 5.88. The first-order valence-electron chi connectivity index (χ1n) is 9.37. The lowest BCUT2D eigenvalue weighted by Gasteiger charge is -2.13. The Balaban J connectivity index is 1.90. The van der Waals surface area contributed by atoms with Crippen LogP contribution in [0.1, 0.15) is 11.3 Å². The van der Waals surface area contributed by atoms with Crippen molar-refractivity contribution in [3.8, 4) is 28.1 Å². The Morgan fingerprint density at radius 1 is 0.900 bits per heavy atom. The van der Waals surface area contributed by atoms with E-state index in [9.17, 15) is 13.9 Å². The van der Waals surface area contributed by atoms with E-state index in [0.717, 1.165) is 39.3 Å². The molecule has 0 saturated carbocycles. The van der Waals surface area contributed by atoms with Crippen LogP contribution in [0.4, 0.5) is 0 Å². The number of aromatic nitrogens is 1. The van der Waals surface area contributed by atoms with E-state index in [4.69, 9.17) is 11.6 Å². The molecule has 0 aliphatic carbocycles.